The van der Waals surface area contributed by atoms with Gasteiger partial charge in [0.25, 0.3) is 0 Å². The van der Waals surface area contributed by atoms with Crippen molar-refractivity contribution in [3.05, 3.63) is 29.7 Å². The number of hydrogen-bond acceptors (Lipinski definition) is 4. The number of fused-ring (bicyclic) bond motifs is 1. The predicted molar refractivity (Wildman–Crippen MR) is 56.4 cm³/mol. The Balaban J connectivity index is 2.66. The second-order valence-electron chi connectivity index (χ2n) is 3.37. The highest BCUT2D eigenvalue weighted by Gasteiger charge is 2.12. The minimum atomic E-state index is -0.671. The summed E-state index contributed by atoms with van der Waals surface area (Å²) in [6, 6.07) is 5.55. The summed E-state index contributed by atoms with van der Waals surface area (Å²) in [6.07, 6.45) is 0.102. The third-order valence-corrected chi connectivity index (χ3v) is 2.41. The summed E-state index contributed by atoms with van der Waals surface area (Å²) in [5.74, 6) is 0.841. The van der Waals surface area contributed by atoms with E-state index in [4.69, 9.17) is 5.73 Å². The van der Waals surface area contributed by atoms with Crippen LogP contribution in [0.25, 0.3) is 5.65 Å². The van der Waals surface area contributed by atoms with Crippen LogP contribution < -0.4 is 5.73 Å². The van der Waals surface area contributed by atoms with Crippen LogP contribution in [0.2, 0.25) is 0 Å². The van der Waals surface area contributed by atoms with Crippen LogP contribution >= 0.6 is 0 Å². The fourth-order valence-corrected chi connectivity index (χ4v) is 1.64. The minimum absolute atomic E-state index is 0.195. The van der Waals surface area contributed by atoms with E-state index in [1.807, 2.05) is 29.5 Å². The van der Waals surface area contributed by atoms with E-state index in [1.54, 1.807) is 0 Å². The molecule has 0 spiro atoms. The topological polar surface area (TPSA) is 76.4 Å². The first-order valence-corrected chi connectivity index (χ1v) is 4.99. The van der Waals surface area contributed by atoms with Gasteiger partial charge in [-0.05, 0) is 12.1 Å². The number of nitrogens with two attached hydrogens (primary N) is 1. The van der Waals surface area contributed by atoms with Crippen molar-refractivity contribution in [3.8, 4) is 0 Å². The zero-order valence-corrected chi connectivity index (χ0v) is 8.59. The maximum Gasteiger partial charge on any atom is 0.161 e. The Bertz CT molecular complexity index is 465. The van der Waals surface area contributed by atoms with Crippen LogP contribution in [-0.2, 0) is 6.42 Å². The Kier molecular flexibility index (Phi) is 2.66. The van der Waals surface area contributed by atoms with Gasteiger partial charge in [-0.15, -0.1) is 10.2 Å². The lowest BCUT2D eigenvalue weighted by atomic mass is 10.2. The summed E-state index contributed by atoms with van der Waals surface area (Å²) >= 11 is 0. The zero-order chi connectivity index (χ0) is 10.8. The Morgan fingerprint density at radius 3 is 2.93 bits per heavy atom. The molecular weight excluding hydrogens is 192 g/mol. The van der Waals surface area contributed by atoms with Gasteiger partial charge in [0.1, 0.15) is 11.9 Å². The molecule has 1 atom stereocenters. The van der Waals surface area contributed by atoms with Gasteiger partial charge in [0, 0.05) is 13.0 Å². The number of rotatable bonds is 3. The molecule has 0 bridgehead atoms. The molecule has 3 N–H and O–H groups in total. The van der Waals surface area contributed by atoms with Gasteiger partial charge in [-0.3, -0.25) is 4.40 Å². The average molecular weight is 206 g/mol. The lowest BCUT2D eigenvalue weighted by Gasteiger charge is -2.11. The molecule has 5 heteroatoms. The zero-order valence-electron chi connectivity index (χ0n) is 8.59. The van der Waals surface area contributed by atoms with Crippen molar-refractivity contribution < 1.29 is 5.11 Å². The summed E-state index contributed by atoms with van der Waals surface area (Å²) in [7, 11) is 0. The van der Waals surface area contributed by atoms with Crippen LogP contribution in [0.15, 0.2) is 18.2 Å². The second kappa shape index (κ2) is 3.96. The molecule has 2 rings (SSSR count). The standard InChI is InChI=1S/C10H14N4O/c1-2-9-12-13-10-5-3-4-7(14(9)10)8(15)6-11/h3-5,8,15H,2,6,11H2,1H3. The highest BCUT2D eigenvalue weighted by Crippen LogP contribution is 2.15. The maximum absolute atomic E-state index is 9.76. The molecule has 0 aromatic carbocycles. The Morgan fingerprint density at radius 2 is 2.27 bits per heavy atom. The fraction of sp³-hybridized carbons (Fsp3) is 0.400. The van der Waals surface area contributed by atoms with Crippen molar-refractivity contribution >= 4 is 5.65 Å². The van der Waals surface area contributed by atoms with E-state index in [-0.39, 0.29) is 6.54 Å². The summed E-state index contributed by atoms with van der Waals surface area (Å²) < 4.78 is 1.86. The van der Waals surface area contributed by atoms with Gasteiger partial charge >= 0.3 is 0 Å². The molecular formula is C10H14N4O. The predicted octanol–water partition coefficient (Wildman–Crippen LogP) is 0.284. The molecule has 0 radical (unpaired) electrons. The number of hydrogen-bond donors (Lipinski definition) is 2. The highest BCUT2D eigenvalue weighted by atomic mass is 16.3. The fourth-order valence-electron chi connectivity index (χ4n) is 1.64. The van der Waals surface area contributed by atoms with Crippen LogP contribution in [0.3, 0.4) is 0 Å². The third kappa shape index (κ3) is 1.60. The number of aryl methyl sites for hydroxylation is 1. The normalized spacial score (nSPS) is 13.3. The van der Waals surface area contributed by atoms with Crippen molar-refractivity contribution in [2.24, 2.45) is 5.73 Å². The molecule has 0 saturated carbocycles. The molecule has 1 unspecified atom stereocenters. The van der Waals surface area contributed by atoms with Gasteiger partial charge in [0.05, 0.1) is 5.69 Å². The first-order valence-electron chi connectivity index (χ1n) is 4.99. The number of aliphatic hydroxyl groups excluding tert-OH is 1. The molecule has 15 heavy (non-hydrogen) atoms. The smallest absolute Gasteiger partial charge is 0.161 e. The third-order valence-electron chi connectivity index (χ3n) is 2.41. The summed E-state index contributed by atoms with van der Waals surface area (Å²) in [5, 5.41) is 17.8. The van der Waals surface area contributed by atoms with E-state index < -0.39 is 6.10 Å². The molecule has 0 aliphatic heterocycles. The summed E-state index contributed by atoms with van der Waals surface area (Å²) in [4.78, 5) is 0. The van der Waals surface area contributed by atoms with Crippen molar-refractivity contribution in [2.45, 2.75) is 19.4 Å². The van der Waals surface area contributed by atoms with E-state index in [0.29, 0.717) is 0 Å². The van der Waals surface area contributed by atoms with Gasteiger partial charge in [-0.25, -0.2) is 0 Å². The van der Waals surface area contributed by atoms with E-state index in [9.17, 15) is 5.11 Å². The molecule has 0 saturated heterocycles. The van der Waals surface area contributed by atoms with E-state index in [1.165, 1.54) is 0 Å². The Hall–Kier alpha value is -1.46. The summed E-state index contributed by atoms with van der Waals surface area (Å²) in [6.45, 7) is 2.20. The van der Waals surface area contributed by atoms with Crippen LogP contribution in [0.5, 0.6) is 0 Å². The second-order valence-corrected chi connectivity index (χ2v) is 3.37. The molecule has 80 valence electrons. The lowest BCUT2D eigenvalue weighted by molar-refractivity contribution is 0.180. The highest BCUT2D eigenvalue weighted by molar-refractivity contribution is 5.40. The van der Waals surface area contributed by atoms with Crippen LogP contribution in [0.1, 0.15) is 24.5 Å². The van der Waals surface area contributed by atoms with Gasteiger partial charge < -0.3 is 10.8 Å². The number of aromatic nitrogens is 3. The average Bonchev–Trinajstić information content (AvgIpc) is 2.70. The van der Waals surface area contributed by atoms with Crippen molar-refractivity contribution in [2.75, 3.05) is 6.54 Å². The van der Waals surface area contributed by atoms with E-state index in [2.05, 4.69) is 10.2 Å². The van der Waals surface area contributed by atoms with Crippen LogP contribution in [0, 0.1) is 0 Å². The van der Waals surface area contributed by atoms with Crippen LogP contribution in [-0.4, -0.2) is 26.2 Å². The largest absolute Gasteiger partial charge is 0.386 e. The molecule has 0 amide bonds. The van der Waals surface area contributed by atoms with Gasteiger partial charge in [-0.2, -0.15) is 0 Å². The maximum atomic E-state index is 9.76. The SMILES string of the molecule is CCc1nnc2cccc(C(O)CN)n12. The molecule has 5 nitrogen and oxygen atoms in total. The van der Waals surface area contributed by atoms with Crippen molar-refractivity contribution in [3.63, 3.8) is 0 Å². The molecule has 2 aromatic rings. The Morgan fingerprint density at radius 1 is 1.47 bits per heavy atom. The monoisotopic (exact) mass is 206 g/mol. The minimum Gasteiger partial charge on any atom is -0.386 e. The molecule has 2 heterocycles. The molecule has 2 aromatic heterocycles. The molecule has 0 aliphatic rings. The summed E-state index contributed by atoms with van der Waals surface area (Å²) in [5.41, 5.74) is 6.95. The quantitative estimate of drug-likeness (QED) is 0.756. The first kappa shape index (κ1) is 10.1. The first-order chi connectivity index (χ1) is 7.27. The number of aliphatic hydroxyl groups is 1. The van der Waals surface area contributed by atoms with E-state index >= 15 is 0 Å². The molecule has 0 fully saturated rings. The lowest BCUT2D eigenvalue weighted by Crippen LogP contribution is -2.15. The van der Waals surface area contributed by atoms with E-state index in [0.717, 1.165) is 23.6 Å². The van der Waals surface area contributed by atoms with Gasteiger partial charge in [0.15, 0.2) is 5.65 Å². The number of pyridine rings is 1. The van der Waals surface area contributed by atoms with Gasteiger partial charge in [-0.1, -0.05) is 13.0 Å². The van der Waals surface area contributed by atoms with Crippen molar-refractivity contribution in [1.29, 1.82) is 0 Å². The number of nitrogens with zero attached hydrogens (tertiary/aromatic N) is 3. The van der Waals surface area contributed by atoms with Crippen LogP contribution in [0.4, 0.5) is 0 Å². The molecule has 0 aliphatic carbocycles. The van der Waals surface area contributed by atoms with Crippen molar-refractivity contribution in [1.82, 2.24) is 14.6 Å². The Labute approximate surface area is 87.6 Å². The van der Waals surface area contributed by atoms with Gasteiger partial charge in [0.2, 0.25) is 0 Å².